The second-order valence-electron chi connectivity index (χ2n) is 10.1. The normalized spacial score (nSPS) is 20.5. The van der Waals surface area contributed by atoms with Crippen LogP contribution in [0.15, 0.2) is 30.3 Å². The molecule has 1 saturated heterocycles. The first-order valence-corrected chi connectivity index (χ1v) is 13.0. The van der Waals surface area contributed by atoms with Gasteiger partial charge in [-0.25, -0.2) is 9.97 Å². The molecule has 7 heteroatoms. The average molecular weight is 476 g/mol. The number of pyridine rings is 1. The van der Waals surface area contributed by atoms with Gasteiger partial charge in [0.2, 0.25) is 5.91 Å². The molecular formula is C28H37N5O2. The van der Waals surface area contributed by atoms with Crippen LogP contribution in [0, 0.1) is 25.7 Å². The van der Waals surface area contributed by atoms with Crippen LogP contribution in [0.5, 0.6) is 0 Å². The molecule has 186 valence electrons. The Bertz CT molecular complexity index is 1200. The van der Waals surface area contributed by atoms with Crippen LogP contribution in [0.4, 0.5) is 5.82 Å². The molecule has 0 bridgehead atoms. The van der Waals surface area contributed by atoms with E-state index >= 15 is 0 Å². The number of anilines is 1. The number of nitrogens with zero attached hydrogens (tertiary/aromatic N) is 4. The maximum absolute atomic E-state index is 13.1. The summed E-state index contributed by atoms with van der Waals surface area (Å²) >= 11 is 0. The number of hydrogen-bond donors (Lipinski definition) is 1. The molecule has 2 aromatic heterocycles. The number of nitrogens with two attached hydrogens (primary N) is 1. The first-order chi connectivity index (χ1) is 17.0. The van der Waals surface area contributed by atoms with Gasteiger partial charge in [0.15, 0.2) is 5.82 Å². The van der Waals surface area contributed by atoms with Gasteiger partial charge in [0.25, 0.3) is 0 Å². The number of carbonyl (C=O) groups is 1. The van der Waals surface area contributed by atoms with E-state index in [0.717, 1.165) is 73.4 Å². The lowest BCUT2D eigenvalue weighted by molar-refractivity contribution is -0.134. The third-order valence-electron chi connectivity index (χ3n) is 7.93. The summed E-state index contributed by atoms with van der Waals surface area (Å²) in [6, 6.07) is 10.5. The quantitative estimate of drug-likeness (QED) is 0.515. The molecular weight excluding hydrogens is 438 g/mol. The number of aryl methyl sites for hydroxylation is 3. The summed E-state index contributed by atoms with van der Waals surface area (Å²) in [7, 11) is 0. The fourth-order valence-electron chi connectivity index (χ4n) is 5.62. The van der Waals surface area contributed by atoms with Gasteiger partial charge in [-0.05, 0) is 69.4 Å². The van der Waals surface area contributed by atoms with Crippen LogP contribution in [-0.4, -0.2) is 45.0 Å². The lowest BCUT2D eigenvalue weighted by Crippen LogP contribution is -2.39. The molecule has 0 spiro atoms. The zero-order chi connectivity index (χ0) is 24.5. The van der Waals surface area contributed by atoms with Crippen molar-refractivity contribution in [3.63, 3.8) is 0 Å². The van der Waals surface area contributed by atoms with Gasteiger partial charge in [-0.1, -0.05) is 30.3 Å². The molecule has 1 aromatic carbocycles. The van der Waals surface area contributed by atoms with Crippen molar-refractivity contribution in [1.82, 2.24) is 19.4 Å². The molecule has 3 aromatic rings. The Hall–Kier alpha value is -2.93. The van der Waals surface area contributed by atoms with Crippen molar-refractivity contribution >= 4 is 22.8 Å². The molecule has 7 nitrogen and oxygen atoms in total. The first kappa shape index (κ1) is 23.8. The van der Waals surface area contributed by atoms with Crippen LogP contribution in [0.25, 0.3) is 11.0 Å². The van der Waals surface area contributed by atoms with E-state index < -0.39 is 0 Å². The minimum absolute atomic E-state index is 0.178. The number of piperidine rings is 1. The smallest absolute Gasteiger partial charge is 0.226 e. The van der Waals surface area contributed by atoms with Crippen LogP contribution < -0.4 is 5.73 Å². The summed E-state index contributed by atoms with van der Waals surface area (Å²) in [6.45, 7) is 9.82. The van der Waals surface area contributed by atoms with Gasteiger partial charge < -0.3 is 19.9 Å². The van der Waals surface area contributed by atoms with Crippen molar-refractivity contribution in [3.05, 3.63) is 53.0 Å². The van der Waals surface area contributed by atoms with E-state index in [1.54, 1.807) is 0 Å². The number of aromatic nitrogens is 3. The number of benzene rings is 1. The number of rotatable bonds is 8. The minimum atomic E-state index is 0.178. The van der Waals surface area contributed by atoms with Crippen molar-refractivity contribution in [2.24, 2.45) is 11.8 Å². The number of ether oxygens (including phenoxy) is 1. The molecule has 2 fully saturated rings. The van der Waals surface area contributed by atoms with Gasteiger partial charge in [0.05, 0.1) is 5.52 Å². The van der Waals surface area contributed by atoms with Gasteiger partial charge in [-0.3, -0.25) is 4.79 Å². The molecule has 1 saturated carbocycles. The number of nitrogen functional groups attached to an aromatic ring is 1. The second-order valence-corrected chi connectivity index (χ2v) is 10.1. The Morgan fingerprint density at radius 1 is 1.14 bits per heavy atom. The molecule has 35 heavy (non-hydrogen) atoms. The van der Waals surface area contributed by atoms with Crippen molar-refractivity contribution < 1.29 is 9.53 Å². The Morgan fingerprint density at radius 2 is 1.89 bits per heavy atom. The van der Waals surface area contributed by atoms with Crippen molar-refractivity contribution in [2.45, 2.75) is 65.5 Å². The van der Waals surface area contributed by atoms with Crippen LogP contribution in [-0.2, 0) is 22.7 Å². The molecule has 1 unspecified atom stereocenters. The maximum atomic E-state index is 13.1. The van der Waals surface area contributed by atoms with E-state index in [9.17, 15) is 4.79 Å². The summed E-state index contributed by atoms with van der Waals surface area (Å²) in [5.41, 5.74) is 11.5. The first-order valence-electron chi connectivity index (χ1n) is 13.0. The predicted molar refractivity (Wildman–Crippen MR) is 138 cm³/mol. The van der Waals surface area contributed by atoms with E-state index in [0.29, 0.717) is 36.8 Å². The third-order valence-corrected chi connectivity index (χ3v) is 7.93. The van der Waals surface area contributed by atoms with Crippen molar-refractivity contribution in [2.75, 3.05) is 25.4 Å². The number of likely N-dealkylation sites (tertiary alicyclic amines) is 1. The highest BCUT2D eigenvalue weighted by atomic mass is 16.5. The van der Waals surface area contributed by atoms with Crippen molar-refractivity contribution in [1.29, 1.82) is 0 Å². The largest absolute Gasteiger partial charge is 0.382 e. The van der Waals surface area contributed by atoms with Gasteiger partial charge in [0, 0.05) is 37.9 Å². The monoisotopic (exact) mass is 475 g/mol. The summed E-state index contributed by atoms with van der Waals surface area (Å²) in [5, 5.41) is 0. The molecule has 1 aliphatic carbocycles. The number of carbonyl (C=O) groups excluding carboxylic acids is 1. The van der Waals surface area contributed by atoms with Crippen molar-refractivity contribution in [3.8, 4) is 0 Å². The van der Waals surface area contributed by atoms with E-state index in [4.69, 9.17) is 15.5 Å². The molecule has 2 atom stereocenters. The summed E-state index contributed by atoms with van der Waals surface area (Å²) in [4.78, 5) is 24.5. The highest BCUT2D eigenvalue weighted by molar-refractivity contribution is 5.88. The van der Waals surface area contributed by atoms with Crippen LogP contribution in [0.3, 0.4) is 0 Å². The van der Waals surface area contributed by atoms with E-state index in [2.05, 4.69) is 45.6 Å². The maximum Gasteiger partial charge on any atom is 0.226 e. The summed E-state index contributed by atoms with van der Waals surface area (Å²) in [6.07, 6.45) is 4.17. The highest BCUT2D eigenvalue weighted by Crippen LogP contribution is 2.48. The molecule has 1 aliphatic heterocycles. The molecule has 3 heterocycles. The van der Waals surface area contributed by atoms with Gasteiger partial charge >= 0.3 is 0 Å². The molecule has 0 radical (unpaired) electrons. The number of imidazole rings is 1. The van der Waals surface area contributed by atoms with Gasteiger partial charge in [0.1, 0.15) is 17.9 Å². The topological polar surface area (TPSA) is 86.3 Å². The third kappa shape index (κ3) is 4.79. The number of amides is 1. The fourth-order valence-corrected chi connectivity index (χ4v) is 5.62. The molecule has 5 rings (SSSR count). The Morgan fingerprint density at radius 3 is 2.60 bits per heavy atom. The lowest BCUT2D eigenvalue weighted by Gasteiger charge is -2.32. The zero-order valence-corrected chi connectivity index (χ0v) is 21.2. The SMILES string of the molecule is CCOCc1nc2c(N)nc(C)c(C)c2n1CCC1CCN(C(=O)[C@@H]2CC2c2ccccc2)CC1. The fraction of sp³-hybridized carbons (Fsp3) is 0.536. The second kappa shape index (κ2) is 9.97. The van der Waals surface area contributed by atoms with Crippen LogP contribution >= 0.6 is 0 Å². The molecule has 1 amide bonds. The van der Waals surface area contributed by atoms with Crippen LogP contribution in [0.1, 0.15) is 61.2 Å². The minimum Gasteiger partial charge on any atom is -0.382 e. The zero-order valence-electron chi connectivity index (χ0n) is 21.2. The Kier molecular flexibility index (Phi) is 6.78. The summed E-state index contributed by atoms with van der Waals surface area (Å²) in [5.74, 6) is 2.94. The lowest BCUT2D eigenvalue weighted by atomic mass is 9.93. The van der Waals surface area contributed by atoms with Gasteiger partial charge in [-0.2, -0.15) is 0 Å². The number of hydrogen-bond acceptors (Lipinski definition) is 5. The molecule has 2 N–H and O–H groups in total. The summed E-state index contributed by atoms with van der Waals surface area (Å²) < 4.78 is 8.00. The van der Waals surface area contributed by atoms with Gasteiger partial charge in [-0.15, -0.1) is 0 Å². The highest BCUT2D eigenvalue weighted by Gasteiger charge is 2.46. The van der Waals surface area contributed by atoms with E-state index in [1.807, 2.05) is 19.9 Å². The Balaban J connectivity index is 1.21. The van der Waals surface area contributed by atoms with E-state index in [-0.39, 0.29) is 5.92 Å². The predicted octanol–water partition coefficient (Wildman–Crippen LogP) is 4.60. The number of fused-ring (bicyclic) bond motifs is 1. The Labute approximate surface area is 207 Å². The molecule has 2 aliphatic rings. The average Bonchev–Trinajstić information content (AvgIpc) is 3.59. The van der Waals surface area contributed by atoms with E-state index in [1.165, 1.54) is 5.56 Å². The van der Waals surface area contributed by atoms with Crippen LogP contribution in [0.2, 0.25) is 0 Å². The standard InChI is InChI=1S/C28H37N5O2/c1-4-35-17-24-31-25-26(18(2)19(3)30-27(25)29)33(24)15-12-20-10-13-32(14-11-20)28(34)23-16-22(23)21-8-6-5-7-9-21/h5-9,20,22-23H,4,10-17H2,1-3H3,(H2,29,30)/t22?,23-/m1/s1.